The Balaban J connectivity index is 1.62. The Hall–Kier alpha value is -1.95. The average molecular weight is 324 g/mol. The number of hydrogen-bond acceptors (Lipinski definition) is 3. The maximum absolute atomic E-state index is 9.41. The lowest BCUT2D eigenvalue weighted by Gasteiger charge is -2.46. The molecular formula is C21H28N2O. The van der Waals surface area contributed by atoms with Gasteiger partial charge in [-0.1, -0.05) is 12.6 Å². The lowest BCUT2D eigenvalue weighted by molar-refractivity contribution is 0.109. The van der Waals surface area contributed by atoms with Crippen molar-refractivity contribution < 1.29 is 5.11 Å². The number of piperidine rings is 1. The second-order valence-electron chi connectivity index (χ2n) is 7.83. The number of aliphatic hydroxyl groups excluding tert-OH is 1. The molecule has 0 unspecified atom stereocenters. The molecule has 2 aliphatic rings. The number of rotatable bonds is 3. The van der Waals surface area contributed by atoms with E-state index in [-0.39, 0.29) is 0 Å². The van der Waals surface area contributed by atoms with Gasteiger partial charge in [0.15, 0.2) is 0 Å². The topological polar surface area (TPSA) is 47.3 Å². The third-order valence-corrected chi connectivity index (χ3v) is 6.13. The molecule has 1 aliphatic heterocycles. The molecule has 3 nitrogen and oxygen atoms in total. The maximum atomic E-state index is 9.41. The van der Waals surface area contributed by atoms with Crippen LogP contribution in [0.5, 0.6) is 0 Å². The average Bonchev–Trinajstić information content (AvgIpc) is 2.57. The maximum Gasteiger partial charge on any atom is 0.101 e. The van der Waals surface area contributed by atoms with E-state index in [2.05, 4.69) is 30.5 Å². The predicted octanol–water partition coefficient (Wildman–Crippen LogP) is 5.11. The van der Waals surface area contributed by atoms with Gasteiger partial charge in [0.05, 0.1) is 17.0 Å². The molecule has 0 amide bonds. The summed E-state index contributed by atoms with van der Waals surface area (Å²) in [7, 11) is 0. The highest BCUT2D eigenvalue weighted by atomic mass is 16.3. The third-order valence-electron chi connectivity index (χ3n) is 6.13. The van der Waals surface area contributed by atoms with Crippen LogP contribution in [-0.4, -0.2) is 18.2 Å². The van der Waals surface area contributed by atoms with Gasteiger partial charge in [-0.2, -0.15) is 5.26 Å². The van der Waals surface area contributed by atoms with E-state index >= 15 is 0 Å². The van der Waals surface area contributed by atoms with E-state index in [1.807, 2.05) is 12.1 Å². The zero-order chi connectivity index (χ0) is 17.2. The van der Waals surface area contributed by atoms with Crippen LogP contribution < -0.4 is 4.90 Å². The fraction of sp³-hybridized carbons (Fsp3) is 0.571. The van der Waals surface area contributed by atoms with Crippen LogP contribution in [0, 0.1) is 29.6 Å². The first-order valence-electron chi connectivity index (χ1n) is 9.14. The number of aliphatic hydroxyl groups is 1. The lowest BCUT2D eigenvalue weighted by atomic mass is 9.65. The third kappa shape index (κ3) is 3.59. The summed E-state index contributed by atoms with van der Waals surface area (Å²) >= 11 is 0. The van der Waals surface area contributed by atoms with Gasteiger partial charge in [-0.05, 0) is 74.5 Å². The van der Waals surface area contributed by atoms with Crippen LogP contribution in [0.25, 0.3) is 0 Å². The Kier molecular flexibility index (Phi) is 4.85. The standard InChI is InChI=1S/C21H28N2O/c1-16-3-4-19(15-22)20(13-16)23-11-9-21(10-12-23)7-5-18(6-8-21)14-17(2)24/h3-4,13,18,24H,2,5-12,14H2,1H3. The SMILES string of the molecule is C=C(O)CC1CCC2(CC1)CCN(c1cc(C)ccc1C#N)CC2. The van der Waals surface area contributed by atoms with Gasteiger partial charge in [0.2, 0.25) is 0 Å². The Morgan fingerprint density at radius 2 is 1.96 bits per heavy atom. The molecule has 3 heteroatoms. The summed E-state index contributed by atoms with van der Waals surface area (Å²) in [5.74, 6) is 0.961. The van der Waals surface area contributed by atoms with Gasteiger partial charge in [-0.25, -0.2) is 0 Å². The number of hydrogen-bond donors (Lipinski definition) is 1. The van der Waals surface area contributed by atoms with Crippen LogP contribution in [0.4, 0.5) is 5.69 Å². The molecule has 0 radical (unpaired) electrons. The van der Waals surface area contributed by atoms with E-state index in [4.69, 9.17) is 0 Å². The molecule has 1 saturated carbocycles. The minimum atomic E-state index is 0.342. The van der Waals surface area contributed by atoms with E-state index in [1.165, 1.54) is 44.1 Å². The summed E-state index contributed by atoms with van der Waals surface area (Å²) in [6, 6.07) is 8.46. The van der Waals surface area contributed by atoms with Gasteiger partial charge < -0.3 is 10.0 Å². The van der Waals surface area contributed by atoms with E-state index in [0.717, 1.165) is 30.8 Å². The molecular weight excluding hydrogens is 296 g/mol. The van der Waals surface area contributed by atoms with Crippen molar-refractivity contribution >= 4 is 5.69 Å². The van der Waals surface area contributed by atoms with Crippen molar-refractivity contribution in [3.05, 3.63) is 41.7 Å². The molecule has 1 saturated heterocycles. The molecule has 128 valence electrons. The van der Waals surface area contributed by atoms with Gasteiger partial charge in [0.25, 0.3) is 0 Å². The number of allylic oxidation sites excluding steroid dienone is 1. The van der Waals surface area contributed by atoms with Crippen LogP contribution in [0.1, 0.15) is 56.1 Å². The van der Waals surface area contributed by atoms with Gasteiger partial charge in [-0.3, -0.25) is 0 Å². The highest BCUT2D eigenvalue weighted by molar-refractivity contribution is 5.61. The Labute approximate surface area is 145 Å². The zero-order valence-corrected chi connectivity index (χ0v) is 14.7. The Morgan fingerprint density at radius 3 is 2.54 bits per heavy atom. The van der Waals surface area contributed by atoms with Crippen LogP contribution in [0.3, 0.4) is 0 Å². The summed E-state index contributed by atoms with van der Waals surface area (Å²) in [6.45, 7) is 7.83. The normalized spacial score (nSPS) is 20.8. The zero-order valence-electron chi connectivity index (χ0n) is 14.7. The van der Waals surface area contributed by atoms with Gasteiger partial charge in [-0.15, -0.1) is 0 Å². The second-order valence-corrected chi connectivity index (χ2v) is 7.83. The smallest absolute Gasteiger partial charge is 0.101 e. The van der Waals surface area contributed by atoms with Crippen molar-refractivity contribution in [3.8, 4) is 6.07 Å². The van der Waals surface area contributed by atoms with Crippen molar-refractivity contribution in [3.63, 3.8) is 0 Å². The minimum absolute atomic E-state index is 0.342. The van der Waals surface area contributed by atoms with Crippen molar-refractivity contribution in [2.24, 2.45) is 11.3 Å². The molecule has 1 N–H and O–H groups in total. The highest BCUT2D eigenvalue weighted by Crippen LogP contribution is 2.48. The molecule has 1 aromatic rings. The van der Waals surface area contributed by atoms with E-state index < -0.39 is 0 Å². The second kappa shape index (κ2) is 6.89. The number of nitrogens with zero attached hydrogens (tertiary/aromatic N) is 2. The molecule has 0 aromatic heterocycles. The van der Waals surface area contributed by atoms with Gasteiger partial charge in [0.1, 0.15) is 6.07 Å². The quantitative estimate of drug-likeness (QED) is 0.786. The summed E-state index contributed by atoms with van der Waals surface area (Å²) < 4.78 is 0. The molecule has 1 aliphatic carbocycles. The first-order chi connectivity index (χ1) is 11.5. The van der Waals surface area contributed by atoms with E-state index in [0.29, 0.717) is 17.1 Å². The van der Waals surface area contributed by atoms with Crippen LogP contribution in [-0.2, 0) is 0 Å². The van der Waals surface area contributed by atoms with Crippen LogP contribution in [0.2, 0.25) is 0 Å². The molecule has 3 rings (SSSR count). The molecule has 1 spiro atoms. The summed E-state index contributed by atoms with van der Waals surface area (Å²) in [5, 5.41) is 18.8. The molecule has 2 fully saturated rings. The Bertz CT molecular complexity index is 640. The van der Waals surface area contributed by atoms with Gasteiger partial charge >= 0.3 is 0 Å². The molecule has 1 heterocycles. The molecule has 24 heavy (non-hydrogen) atoms. The summed E-state index contributed by atoms with van der Waals surface area (Å²) in [5.41, 5.74) is 3.61. The fourth-order valence-electron chi connectivity index (χ4n) is 4.55. The predicted molar refractivity (Wildman–Crippen MR) is 98.1 cm³/mol. The van der Waals surface area contributed by atoms with Crippen molar-refractivity contribution in [1.82, 2.24) is 0 Å². The largest absolute Gasteiger partial charge is 0.513 e. The minimum Gasteiger partial charge on any atom is -0.513 e. The molecule has 1 aromatic carbocycles. The van der Waals surface area contributed by atoms with Crippen molar-refractivity contribution in [2.45, 2.75) is 51.9 Å². The highest BCUT2D eigenvalue weighted by Gasteiger charge is 2.38. The monoisotopic (exact) mass is 324 g/mol. The van der Waals surface area contributed by atoms with Crippen molar-refractivity contribution in [1.29, 1.82) is 5.26 Å². The number of benzene rings is 1. The lowest BCUT2D eigenvalue weighted by Crippen LogP contribution is -2.42. The van der Waals surface area contributed by atoms with Crippen LogP contribution >= 0.6 is 0 Å². The van der Waals surface area contributed by atoms with Crippen LogP contribution in [0.15, 0.2) is 30.5 Å². The van der Waals surface area contributed by atoms with Gasteiger partial charge in [0, 0.05) is 19.5 Å². The number of nitriles is 1. The number of aryl methyl sites for hydroxylation is 1. The summed E-state index contributed by atoms with van der Waals surface area (Å²) in [6.07, 6.45) is 8.20. The first-order valence-corrected chi connectivity index (χ1v) is 9.14. The Morgan fingerprint density at radius 1 is 1.29 bits per heavy atom. The van der Waals surface area contributed by atoms with E-state index in [1.54, 1.807) is 0 Å². The number of anilines is 1. The summed E-state index contributed by atoms with van der Waals surface area (Å²) in [4.78, 5) is 2.40. The first kappa shape index (κ1) is 16.9. The van der Waals surface area contributed by atoms with E-state index in [9.17, 15) is 10.4 Å². The fourth-order valence-corrected chi connectivity index (χ4v) is 4.55. The molecule has 0 bridgehead atoms. The van der Waals surface area contributed by atoms with Crippen molar-refractivity contribution in [2.75, 3.05) is 18.0 Å². The molecule has 0 atom stereocenters.